The second-order valence-corrected chi connectivity index (χ2v) is 9.09. The third kappa shape index (κ3) is 9.16. The fraction of sp³-hybridized carbons (Fsp3) is 0.269. The van der Waals surface area contributed by atoms with Crippen LogP contribution in [0.15, 0.2) is 60.8 Å². The van der Waals surface area contributed by atoms with E-state index >= 15 is 0 Å². The molecule has 0 unspecified atom stereocenters. The first-order valence-corrected chi connectivity index (χ1v) is 12.8. The Morgan fingerprint density at radius 3 is 2.47 bits per heavy atom. The number of carboxylic acids is 1. The number of halogens is 1. The van der Waals surface area contributed by atoms with Gasteiger partial charge >= 0.3 is 5.97 Å². The van der Waals surface area contributed by atoms with Crippen LogP contribution >= 0.6 is 23.8 Å². The molecular formula is C26H30ClN7O3S. The van der Waals surface area contributed by atoms with Crippen molar-refractivity contribution in [2.45, 2.75) is 25.8 Å². The summed E-state index contributed by atoms with van der Waals surface area (Å²) in [5.41, 5.74) is 1.92. The van der Waals surface area contributed by atoms with Gasteiger partial charge in [0.1, 0.15) is 11.4 Å². The Hall–Kier alpha value is -3.96. The summed E-state index contributed by atoms with van der Waals surface area (Å²) in [6.45, 7) is 3.19. The van der Waals surface area contributed by atoms with Gasteiger partial charge in [0.25, 0.3) is 5.91 Å². The highest BCUT2D eigenvalue weighted by atomic mass is 35.5. The molecule has 1 aromatic heterocycles. The lowest BCUT2D eigenvalue weighted by atomic mass is 10.1. The van der Waals surface area contributed by atoms with Gasteiger partial charge in [-0.25, -0.2) is 4.98 Å². The van der Waals surface area contributed by atoms with E-state index < -0.39 is 5.97 Å². The van der Waals surface area contributed by atoms with E-state index in [1.807, 2.05) is 49.4 Å². The molecule has 10 nitrogen and oxygen atoms in total. The lowest BCUT2D eigenvalue weighted by molar-refractivity contribution is -0.136. The van der Waals surface area contributed by atoms with Crippen molar-refractivity contribution < 1.29 is 14.7 Å². The van der Waals surface area contributed by atoms with Crippen LogP contribution in [0.4, 0.5) is 17.5 Å². The molecule has 0 saturated carbocycles. The van der Waals surface area contributed by atoms with E-state index in [0.717, 1.165) is 5.56 Å². The second kappa shape index (κ2) is 14.7. The van der Waals surface area contributed by atoms with Crippen LogP contribution in [0, 0.1) is 0 Å². The summed E-state index contributed by atoms with van der Waals surface area (Å²) in [6.07, 6.45) is 2.11. The van der Waals surface area contributed by atoms with E-state index in [1.54, 1.807) is 12.1 Å². The van der Waals surface area contributed by atoms with Crippen molar-refractivity contribution in [2.75, 3.05) is 30.3 Å². The topological polar surface area (TPSA) is 140 Å². The normalized spacial score (nSPS) is 11.2. The van der Waals surface area contributed by atoms with Gasteiger partial charge in [-0.15, -0.1) is 0 Å². The van der Waals surface area contributed by atoms with Crippen LogP contribution in [0.2, 0.25) is 5.02 Å². The highest BCUT2D eigenvalue weighted by Crippen LogP contribution is 2.24. The minimum Gasteiger partial charge on any atom is -0.481 e. The predicted octanol–water partition coefficient (Wildman–Crippen LogP) is 4.11. The highest BCUT2D eigenvalue weighted by Gasteiger charge is 2.18. The summed E-state index contributed by atoms with van der Waals surface area (Å²) in [5, 5.41) is 24.8. The standard InChI is InChI=1S/C26H30ClN7O3S/c1-17(18-8-3-2-4-9-18)32-24(37)19-16-31-25(33-21-11-6-5-10-20(21)27)34-23(19)28-13-7-14-29-26(38)30-15-12-22(35)36/h2-6,8-11,16-17H,7,12-15H2,1H3,(H,32,37)(H,35,36)(H2,29,30,38)(H2,28,31,33,34)/t17-/m0/s1. The van der Waals surface area contributed by atoms with Crippen molar-refractivity contribution in [2.24, 2.45) is 0 Å². The number of carbonyl (C=O) groups is 2. The molecule has 1 amide bonds. The average molecular weight is 556 g/mol. The summed E-state index contributed by atoms with van der Waals surface area (Å²) >= 11 is 11.4. The van der Waals surface area contributed by atoms with Gasteiger partial charge in [0, 0.05) is 25.8 Å². The summed E-state index contributed by atoms with van der Waals surface area (Å²) in [7, 11) is 0. The molecule has 0 saturated heterocycles. The molecule has 0 aliphatic rings. The third-order valence-corrected chi connectivity index (χ3v) is 5.98. The first-order valence-electron chi connectivity index (χ1n) is 12.0. The van der Waals surface area contributed by atoms with Crippen molar-refractivity contribution in [1.82, 2.24) is 25.9 Å². The molecule has 0 radical (unpaired) electrons. The van der Waals surface area contributed by atoms with Crippen molar-refractivity contribution >= 4 is 58.3 Å². The van der Waals surface area contributed by atoms with E-state index in [9.17, 15) is 9.59 Å². The number of carboxylic acid groups (broad SMARTS) is 1. The molecular weight excluding hydrogens is 526 g/mol. The molecule has 0 bridgehead atoms. The Kier molecular flexibility index (Phi) is 11.1. The lowest BCUT2D eigenvalue weighted by Crippen LogP contribution is -2.37. The molecule has 0 aliphatic heterocycles. The molecule has 3 rings (SSSR count). The van der Waals surface area contributed by atoms with Gasteiger partial charge in [0.05, 0.1) is 23.2 Å². The smallest absolute Gasteiger partial charge is 0.305 e. The predicted molar refractivity (Wildman–Crippen MR) is 153 cm³/mol. The number of amides is 1. The first kappa shape index (κ1) is 28.6. The van der Waals surface area contributed by atoms with E-state index in [0.29, 0.717) is 46.7 Å². The maximum atomic E-state index is 13.1. The summed E-state index contributed by atoms with van der Waals surface area (Å²) in [6, 6.07) is 16.7. The number of thiocarbonyl (C=S) groups is 1. The Bertz CT molecular complexity index is 1250. The molecule has 2 aromatic carbocycles. The zero-order valence-corrected chi connectivity index (χ0v) is 22.4. The van der Waals surface area contributed by atoms with Gasteiger partial charge in [0.15, 0.2) is 5.11 Å². The van der Waals surface area contributed by atoms with E-state index in [-0.39, 0.29) is 30.9 Å². The Labute approximate surface area is 231 Å². The Balaban J connectivity index is 1.65. The van der Waals surface area contributed by atoms with Gasteiger partial charge in [-0.1, -0.05) is 54.1 Å². The number of hydrogen-bond donors (Lipinski definition) is 6. The van der Waals surface area contributed by atoms with Gasteiger partial charge in [-0.3, -0.25) is 9.59 Å². The number of aliphatic carboxylic acids is 1. The Morgan fingerprint density at radius 2 is 1.74 bits per heavy atom. The number of nitrogens with one attached hydrogen (secondary N) is 5. The van der Waals surface area contributed by atoms with Crippen LogP contribution in [-0.2, 0) is 4.79 Å². The van der Waals surface area contributed by atoms with Crippen LogP contribution in [0.3, 0.4) is 0 Å². The third-order valence-electron chi connectivity index (χ3n) is 5.36. The largest absolute Gasteiger partial charge is 0.481 e. The molecule has 0 fully saturated rings. The minimum absolute atomic E-state index is 0.0185. The molecule has 6 N–H and O–H groups in total. The van der Waals surface area contributed by atoms with Crippen LogP contribution in [0.5, 0.6) is 0 Å². The molecule has 1 heterocycles. The number of rotatable bonds is 13. The number of para-hydroxylation sites is 1. The molecule has 12 heteroatoms. The van der Waals surface area contributed by atoms with Crippen LogP contribution < -0.4 is 26.6 Å². The van der Waals surface area contributed by atoms with Crippen molar-refractivity contribution in [1.29, 1.82) is 0 Å². The molecule has 38 heavy (non-hydrogen) atoms. The molecule has 1 atom stereocenters. The number of benzene rings is 2. The SMILES string of the molecule is C[C@H](NC(=O)c1cnc(Nc2ccccc2Cl)nc1NCCCNC(=S)NCCC(=O)O)c1ccccc1. The average Bonchev–Trinajstić information content (AvgIpc) is 2.90. The monoisotopic (exact) mass is 555 g/mol. The van der Waals surface area contributed by atoms with E-state index in [1.165, 1.54) is 6.20 Å². The van der Waals surface area contributed by atoms with Gasteiger partial charge in [0.2, 0.25) is 5.95 Å². The maximum Gasteiger partial charge on any atom is 0.305 e. The lowest BCUT2D eigenvalue weighted by Gasteiger charge is -2.17. The highest BCUT2D eigenvalue weighted by molar-refractivity contribution is 7.80. The number of aromatic nitrogens is 2. The van der Waals surface area contributed by atoms with Gasteiger partial charge in [-0.05, 0) is 43.3 Å². The number of carbonyl (C=O) groups excluding carboxylic acids is 1. The minimum atomic E-state index is -0.893. The molecule has 0 spiro atoms. The van der Waals surface area contributed by atoms with Crippen molar-refractivity contribution in [3.8, 4) is 0 Å². The zero-order chi connectivity index (χ0) is 27.3. The number of nitrogens with zero attached hydrogens (tertiary/aromatic N) is 2. The van der Waals surface area contributed by atoms with Crippen molar-refractivity contribution in [3.63, 3.8) is 0 Å². The number of anilines is 3. The van der Waals surface area contributed by atoms with Crippen molar-refractivity contribution in [3.05, 3.63) is 76.9 Å². The Morgan fingerprint density at radius 1 is 1.03 bits per heavy atom. The summed E-state index contributed by atoms with van der Waals surface area (Å²) < 4.78 is 0. The quantitative estimate of drug-likeness (QED) is 0.135. The number of hydrogen-bond acceptors (Lipinski definition) is 7. The molecule has 200 valence electrons. The zero-order valence-electron chi connectivity index (χ0n) is 20.8. The first-order chi connectivity index (χ1) is 18.3. The van der Waals surface area contributed by atoms with Crippen LogP contribution in [-0.4, -0.2) is 51.7 Å². The van der Waals surface area contributed by atoms with E-state index in [2.05, 4.69) is 36.6 Å². The molecule has 0 aliphatic carbocycles. The summed E-state index contributed by atoms with van der Waals surface area (Å²) in [5.74, 6) is -0.546. The van der Waals surface area contributed by atoms with E-state index in [4.69, 9.17) is 28.9 Å². The fourth-order valence-electron chi connectivity index (χ4n) is 3.37. The van der Waals surface area contributed by atoms with Crippen LogP contribution in [0.1, 0.15) is 41.7 Å². The van der Waals surface area contributed by atoms with Crippen LogP contribution in [0.25, 0.3) is 0 Å². The maximum absolute atomic E-state index is 13.1. The fourth-order valence-corrected chi connectivity index (χ4v) is 3.76. The van der Waals surface area contributed by atoms with Gasteiger partial charge < -0.3 is 31.7 Å². The van der Waals surface area contributed by atoms with Gasteiger partial charge in [-0.2, -0.15) is 4.98 Å². The second-order valence-electron chi connectivity index (χ2n) is 8.27. The molecule has 3 aromatic rings. The summed E-state index contributed by atoms with van der Waals surface area (Å²) in [4.78, 5) is 32.6.